The van der Waals surface area contributed by atoms with E-state index in [0.29, 0.717) is 21.7 Å². The molecular formula is C13H10BrN3O4. The molecule has 0 aliphatic rings. The molecule has 7 nitrogen and oxygen atoms in total. The van der Waals surface area contributed by atoms with Crippen molar-refractivity contribution in [1.29, 1.82) is 0 Å². The summed E-state index contributed by atoms with van der Waals surface area (Å²) in [6.07, 6.45) is 0. The molecule has 0 aliphatic heterocycles. The Balaban J connectivity index is 2.28. The minimum absolute atomic E-state index is 0.0548. The van der Waals surface area contributed by atoms with Crippen LogP contribution in [0.3, 0.4) is 0 Å². The van der Waals surface area contributed by atoms with E-state index in [1.54, 1.807) is 13.0 Å². The lowest BCUT2D eigenvalue weighted by Gasteiger charge is -2.09. The van der Waals surface area contributed by atoms with Gasteiger partial charge in [0.2, 0.25) is 0 Å². The van der Waals surface area contributed by atoms with E-state index in [-0.39, 0.29) is 11.3 Å². The number of nitro groups is 1. The first kappa shape index (κ1) is 14.9. The van der Waals surface area contributed by atoms with Crippen molar-refractivity contribution >= 4 is 39.1 Å². The van der Waals surface area contributed by atoms with Crippen LogP contribution in [0.2, 0.25) is 0 Å². The van der Waals surface area contributed by atoms with Crippen LogP contribution in [-0.2, 0) is 0 Å². The number of benzene rings is 1. The van der Waals surface area contributed by atoms with Gasteiger partial charge in [-0.05, 0) is 47.1 Å². The smallest absolute Gasteiger partial charge is 0.335 e. The van der Waals surface area contributed by atoms with Crippen LogP contribution in [0.5, 0.6) is 0 Å². The Hall–Kier alpha value is -2.48. The molecular weight excluding hydrogens is 342 g/mol. The Morgan fingerprint density at radius 2 is 2.10 bits per heavy atom. The summed E-state index contributed by atoms with van der Waals surface area (Å²) < 4.78 is 0.556. The third-order valence-corrected chi connectivity index (χ3v) is 3.39. The fourth-order valence-corrected chi connectivity index (χ4v) is 2.18. The van der Waals surface area contributed by atoms with Gasteiger partial charge in [-0.3, -0.25) is 10.1 Å². The van der Waals surface area contributed by atoms with Gasteiger partial charge >= 0.3 is 5.97 Å². The number of aryl methyl sites for hydroxylation is 1. The summed E-state index contributed by atoms with van der Waals surface area (Å²) in [7, 11) is 0. The van der Waals surface area contributed by atoms with Crippen LogP contribution in [0.15, 0.2) is 34.8 Å². The van der Waals surface area contributed by atoms with Gasteiger partial charge in [0, 0.05) is 10.5 Å². The first-order chi connectivity index (χ1) is 9.88. The Morgan fingerprint density at radius 3 is 2.62 bits per heavy atom. The molecule has 0 fully saturated rings. The largest absolute Gasteiger partial charge is 0.478 e. The molecule has 0 atom stereocenters. The number of nitrogens with one attached hydrogen (secondary N) is 1. The summed E-state index contributed by atoms with van der Waals surface area (Å²) >= 11 is 3.27. The number of pyridine rings is 1. The van der Waals surface area contributed by atoms with Crippen LogP contribution >= 0.6 is 15.9 Å². The lowest BCUT2D eigenvalue weighted by atomic mass is 10.2. The molecule has 0 saturated carbocycles. The van der Waals surface area contributed by atoms with Crippen LogP contribution in [0.25, 0.3) is 0 Å². The van der Waals surface area contributed by atoms with Crippen molar-refractivity contribution in [3.8, 4) is 0 Å². The zero-order chi connectivity index (χ0) is 15.6. The number of aromatic nitrogens is 1. The fourth-order valence-electron chi connectivity index (χ4n) is 1.70. The minimum Gasteiger partial charge on any atom is -0.478 e. The number of halogens is 1. The van der Waals surface area contributed by atoms with Gasteiger partial charge in [-0.15, -0.1) is 0 Å². The second kappa shape index (κ2) is 5.88. The number of hydrogen-bond donors (Lipinski definition) is 2. The molecule has 0 saturated heterocycles. The minimum atomic E-state index is -1.02. The molecule has 0 spiro atoms. The van der Waals surface area contributed by atoms with Gasteiger partial charge in [0.1, 0.15) is 11.5 Å². The Morgan fingerprint density at radius 1 is 1.38 bits per heavy atom. The summed E-state index contributed by atoms with van der Waals surface area (Å²) in [5.74, 6) is -0.589. The quantitative estimate of drug-likeness (QED) is 0.644. The first-order valence-corrected chi connectivity index (χ1v) is 6.59. The molecule has 1 heterocycles. The maximum atomic E-state index is 10.9. The molecule has 8 heteroatoms. The van der Waals surface area contributed by atoms with E-state index < -0.39 is 10.9 Å². The number of nitrogens with zero attached hydrogens (tertiary/aromatic N) is 2. The predicted octanol–water partition coefficient (Wildman–Crippen LogP) is 3.50. The standard InChI is InChI=1S/C13H10BrN3O4/c1-7-11(17(20)21)4-5-12(15-7)16-10-3-2-8(13(18)19)6-9(10)14/h2-6H,1H3,(H,15,16)(H,18,19). The highest BCUT2D eigenvalue weighted by atomic mass is 79.9. The topological polar surface area (TPSA) is 105 Å². The van der Waals surface area contributed by atoms with Crippen LogP contribution in [-0.4, -0.2) is 21.0 Å². The Kier molecular flexibility index (Phi) is 4.18. The fraction of sp³-hybridized carbons (Fsp3) is 0.0769. The molecule has 0 bridgehead atoms. The molecule has 0 amide bonds. The average molecular weight is 352 g/mol. The molecule has 108 valence electrons. The van der Waals surface area contributed by atoms with E-state index in [4.69, 9.17) is 5.11 Å². The van der Waals surface area contributed by atoms with Gasteiger partial charge in [-0.1, -0.05) is 0 Å². The number of rotatable bonds is 4. The van der Waals surface area contributed by atoms with Crippen LogP contribution < -0.4 is 5.32 Å². The lowest BCUT2D eigenvalue weighted by molar-refractivity contribution is -0.385. The summed E-state index contributed by atoms with van der Waals surface area (Å²) in [6, 6.07) is 7.36. The average Bonchev–Trinajstić information content (AvgIpc) is 2.40. The van der Waals surface area contributed by atoms with Crippen molar-refractivity contribution in [2.24, 2.45) is 0 Å². The molecule has 1 aromatic heterocycles. The highest BCUT2D eigenvalue weighted by Crippen LogP contribution is 2.27. The third-order valence-electron chi connectivity index (χ3n) is 2.73. The summed E-state index contributed by atoms with van der Waals surface area (Å²) in [5, 5.41) is 22.6. The molecule has 2 rings (SSSR count). The van der Waals surface area contributed by atoms with E-state index in [1.165, 1.54) is 24.3 Å². The highest BCUT2D eigenvalue weighted by molar-refractivity contribution is 9.10. The van der Waals surface area contributed by atoms with E-state index in [1.807, 2.05) is 0 Å². The van der Waals surface area contributed by atoms with Crippen LogP contribution in [0.4, 0.5) is 17.2 Å². The number of hydrogen-bond acceptors (Lipinski definition) is 5. The van der Waals surface area contributed by atoms with Crippen LogP contribution in [0, 0.1) is 17.0 Å². The number of carbonyl (C=O) groups is 1. The summed E-state index contributed by atoms with van der Waals surface area (Å²) in [4.78, 5) is 25.2. The Labute approximate surface area is 127 Å². The highest BCUT2D eigenvalue weighted by Gasteiger charge is 2.13. The molecule has 1 aromatic carbocycles. The number of anilines is 2. The summed E-state index contributed by atoms with van der Waals surface area (Å²) in [5.41, 5.74) is 1.00. The normalized spacial score (nSPS) is 10.2. The molecule has 2 aromatic rings. The van der Waals surface area contributed by atoms with Crippen molar-refractivity contribution in [2.75, 3.05) is 5.32 Å². The van der Waals surface area contributed by atoms with E-state index in [2.05, 4.69) is 26.2 Å². The van der Waals surface area contributed by atoms with E-state index in [9.17, 15) is 14.9 Å². The van der Waals surface area contributed by atoms with Gasteiger partial charge in [0.15, 0.2) is 0 Å². The predicted molar refractivity (Wildman–Crippen MR) is 80.0 cm³/mol. The zero-order valence-corrected chi connectivity index (χ0v) is 12.4. The van der Waals surface area contributed by atoms with Crippen molar-refractivity contribution in [1.82, 2.24) is 4.98 Å². The molecule has 0 aliphatic carbocycles. The number of carboxylic acid groups (broad SMARTS) is 1. The SMILES string of the molecule is Cc1nc(Nc2ccc(C(=O)O)cc2Br)ccc1[N+](=O)[O-]. The third kappa shape index (κ3) is 3.34. The van der Waals surface area contributed by atoms with Crippen molar-refractivity contribution in [3.63, 3.8) is 0 Å². The van der Waals surface area contributed by atoms with Crippen molar-refractivity contribution in [3.05, 3.63) is 56.2 Å². The molecule has 2 N–H and O–H groups in total. The van der Waals surface area contributed by atoms with Crippen molar-refractivity contribution < 1.29 is 14.8 Å². The van der Waals surface area contributed by atoms with Gasteiger partial charge in [-0.2, -0.15) is 0 Å². The van der Waals surface area contributed by atoms with Crippen LogP contribution in [0.1, 0.15) is 16.1 Å². The van der Waals surface area contributed by atoms with Gasteiger partial charge < -0.3 is 10.4 Å². The van der Waals surface area contributed by atoms with Gasteiger partial charge in [0.25, 0.3) is 5.69 Å². The maximum absolute atomic E-state index is 10.9. The summed E-state index contributed by atoms with van der Waals surface area (Å²) in [6.45, 7) is 1.55. The number of carboxylic acids is 1. The lowest BCUT2D eigenvalue weighted by Crippen LogP contribution is -2.01. The van der Waals surface area contributed by atoms with Crippen molar-refractivity contribution in [2.45, 2.75) is 6.92 Å². The Bertz CT molecular complexity index is 733. The van der Waals surface area contributed by atoms with E-state index in [0.717, 1.165) is 0 Å². The molecule has 0 unspecified atom stereocenters. The number of aromatic carboxylic acids is 1. The van der Waals surface area contributed by atoms with E-state index >= 15 is 0 Å². The van der Waals surface area contributed by atoms with Gasteiger partial charge in [0.05, 0.1) is 16.2 Å². The molecule has 0 radical (unpaired) electrons. The maximum Gasteiger partial charge on any atom is 0.335 e. The first-order valence-electron chi connectivity index (χ1n) is 5.80. The zero-order valence-electron chi connectivity index (χ0n) is 10.8. The monoisotopic (exact) mass is 351 g/mol. The molecule has 21 heavy (non-hydrogen) atoms. The van der Waals surface area contributed by atoms with Gasteiger partial charge in [-0.25, -0.2) is 9.78 Å². The second-order valence-electron chi connectivity index (χ2n) is 4.18. The second-order valence-corrected chi connectivity index (χ2v) is 5.04.